The van der Waals surface area contributed by atoms with Crippen LogP contribution in [0.1, 0.15) is 48.8 Å². The van der Waals surface area contributed by atoms with Gasteiger partial charge in [0.05, 0.1) is 5.69 Å². The molecular formula is C27H23N. The monoisotopic (exact) mass is 361 g/mol. The van der Waals surface area contributed by atoms with Crippen molar-refractivity contribution in [3.63, 3.8) is 0 Å². The second-order valence-corrected chi connectivity index (χ2v) is 8.30. The summed E-state index contributed by atoms with van der Waals surface area (Å²) < 4.78 is 0. The highest BCUT2D eigenvalue weighted by Crippen LogP contribution is 2.51. The van der Waals surface area contributed by atoms with Crippen molar-refractivity contribution < 1.29 is 0 Å². The lowest BCUT2D eigenvalue weighted by Gasteiger charge is -2.38. The molecule has 4 aromatic rings. The highest BCUT2D eigenvalue weighted by molar-refractivity contribution is 5.98. The predicted octanol–water partition coefficient (Wildman–Crippen LogP) is 7.32. The molecule has 136 valence electrons. The van der Waals surface area contributed by atoms with Crippen molar-refractivity contribution in [2.75, 3.05) is 0 Å². The van der Waals surface area contributed by atoms with E-state index in [4.69, 9.17) is 4.98 Å². The average molecular weight is 361 g/mol. The first kappa shape index (κ1) is 16.1. The minimum atomic E-state index is 0.659. The van der Waals surface area contributed by atoms with Gasteiger partial charge in [-0.25, -0.2) is 0 Å². The molecule has 3 aliphatic rings. The van der Waals surface area contributed by atoms with E-state index in [1.165, 1.54) is 58.8 Å². The second-order valence-electron chi connectivity index (χ2n) is 8.30. The summed E-state index contributed by atoms with van der Waals surface area (Å²) in [5, 5.41) is 2.74. The van der Waals surface area contributed by atoms with Crippen LogP contribution in [0.4, 0.5) is 0 Å². The molecule has 7 rings (SSSR count). The van der Waals surface area contributed by atoms with Gasteiger partial charge in [-0.15, -0.1) is 0 Å². The predicted molar refractivity (Wildman–Crippen MR) is 117 cm³/mol. The third kappa shape index (κ3) is 2.43. The summed E-state index contributed by atoms with van der Waals surface area (Å²) in [6.45, 7) is 0. The molecule has 0 spiro atoms. The van der Waals surface area contributed by atoms with Crippen molar-refractivity contribution in [2.24, 2.45) is 0 Å². The van der Waals surface area contributed by atoms with Crippen LogP contribution in [0, 0.1) is 0 Å². The topological polar surface area (TPSA) is 12.9 Å². The number of benzene rings is 3. The normalized spacial score (nSPS) is 20.3. The largest absolute Gasteiger partial charge is 0.252 e. The number of rotatable bonds is 2. The van der Waals surface area contributed by atoms with Gasteiger partial charge in [0.25, 0.3) is 0 Å². The van der Waals surface area contributed by atoms with E-state index < -0.39 is 0 Å². The van der Waals surface area contributed by atoms with E-state index in [1.54, 1.807) is 5.56 Å². The molecule has 0 radical (unpaired) electrons. The molecule has 1 heteroatoms. The maximum absolute atomic E-state index is 5.30. The van der Waals surface area contributed by atoms with Crippen molar-refractivity contribution in [3.05, 3.63) is 90.1 Å². The summed E-state index contributed by atoms with van der Waals surface area (Å²) in [5.41, 5.74) is 7.84. The van der Waals surface area contributed by atoms with Gasteiger partial charge < -0.3 is 0 Å². The van der Waals surface area contributed by atoms with Crippen molar-refractivity contribution in [2.45, 2.75) is 37.5 Å². The Morgan fingerprint density at radius 3 is 1.86 bits per heavy atom. The Labute approximate surface area is 166 Å². The van der Waals surface area contributed by atoms with Crippen LogP contribution in [-0.2, 0) is 0 Å². The highest BCUT2D eigenvalue weighted by atomic mass is 14.8. The third-order valence-electron chi connectivity index (χ3n) is 6.77. The Morgan fingerprint density at radius 1 is 0.536 bits per heavy atom. The first-order valence-corrected chi connectivity index (χ1v) is 10.5. The zero-order valence-electron chi connectivity index (χ0n) is 15.9. The van der Waals surface area contributed by atoms with Gasteiger partial charge in [-0.3, -0.25) is 4.98 Å². The van der Waals surface area contributed by atoms with Crippen molar-refractivity contribution >= 4 is 10.8 Å². The van der Waals surface area contributed by atoms with Crippen LogP contribution in [0.15, 0.2) is 78.9 Å². The lowest BCUT2D eigenvalue weighted by atomic mass is 9.68. The Hall–Kier alpha value is -2.93. The van der Waals surface area contributed by atoms with Crippen LogP contribution < -0.4 is 0 Å². The first-order chi connectivity index (χ1) is 13.9. The molecule has 1 saturated carbocycles. The van der Waals surface area contributed by atoms with Crippen molar-refractivity contribution in [3.8, 4) is 22.4 Å². The molecule has 0 amide bonds. The van der Waals surface area contributed by atoms with E-state index in [0.29, 0.717) is 11.8 Å². The number of hydrogen-bond donors (Lipinski definition) is 0. The second kappa shape index (κ2) is 6.31. The lowest BCUT2D eigenvalue weighted by Crippen LogP contribution is -2.23. The molecule has 0 aliphatic heterocycles. The molecule has 2 bridgehead atoms. The van der Waals surface area contributed by atoms with E-state index in [2.05, 4.69) is 78.9 Å². The van der Waals surface area contributed by atoms with Crippen LogP contribution in [0.2, 0.25) is 0 Å². The fourth-order valence-corrected chi connectivity index (χ4v) is 5.37. The van der Waals surface area contributed by atoms with Gasteiger partial charge in [-0.05, 0) is 53.7 Å². The van der Waals surface area contributed by atoms with Gasteiger partial charge >= 0.3 is 0 Å². The van der Waals surface area contributed by atoms with Gasteiger partial charge in [0.2, 0.25) is 0 Å². The summed E-state index contributed by atoms with van der Waals surface area (Å²) in [5.74, 6) is 1.37. The minimum Gasteiger partial charge on any atom is -0.252 e. The fraction of sp³-hybridized carbons (Fsp3) is 0.222. The van der Waals surface area contributed by atoms with Gasteiger partial charge in [-0.2, -0.15) is 0 Å². The molecule has 1 nitrogen and oxygen atoms in total. The molecule has 0 saturated heterocycles. The van der Waals surface area contributed by atoms with E-state index in [-0.39, 0.29) is 0 Å². The standard InChI is InChI=1S/C27H23N/c1-2-6-18(7-3-1)19-10-14-21(15-11-19)26-24-9-5-4-8-23(24)25-20-12-16-22(17-13-20)27(25)28-26/h1-11,14-15,20,22H,12-13,16-17H2. The first-order valence-electron chi connectivity index (χ1n) is 10.5. The molecule has 3 aliphatic carbocycles. The lowest BCUT2D eigenvalue weighted by molar-refractivity contribution is 0.353. The maximum atomic E-state index is 5.30. The summed E-state index contributed by atoms with van der Waals surface area (Å²) >= 11 is 0. The van der Waals surface area contributed by atoms with Gasteiger partial charge in [0.1, 0.15) is 0 Å². The zero-order chi connectivity index (χ0) is 18.5. The summed E-state index contributed by atoms with van der Waals surface area (Å²) in [4.78, 5) is 5.30. The number of hydrogen-bond acceptors (Lipinski definition) is 1. The van der Waals surface area contributed by atoms with E-state index in [9.17, 15) is 0 Å². The Morgan fingerprint density at radius 2 is 1.11 bits per heavy atom. The average Bonchev–Trinajstić information content (AvgIpc) is 2.80. The molecule has 0 atom stereocenters. The van der Waals surface area contributed by atoms with E-state index in [1.807, 2.05) is 0 Å². The van der Waals surface area contributed by atoms with Crippen LogP contribution in [0.5, 0.6) is 0 Å². The third-order valence-corrected chi connectivity index (χ3v) is 6.77. The smallest absolute Gasteiger partial charge is 0.0783 e. The van der Waals surface area contributed by atoms with Crippen molar-refractivity contribution in [1.82, 2.24) is 4.98 Å². The molecular weight excluding hydrogens is 338 g/mol. The number of fused-ring (bicyclic) bond motifs is 3. The number of aromatic nitrogens is 1. The van der Waals surface area contributed by atoms with E-state index >= 15 is 0 Å². The fourth-order valence-electron chi connectivity index (χ4n) is 5.37. The summed E-state index contributed by atoms with van der Waals surface area (Å²) in [6, 6.07) is 28.4. The van der Waals surface area contributed by atoms with Gasteiger partial charge in [0, 0.05) is 22.6 Å². The molecule has 1 heterocycles. The highest BCUT2D eigenvalue weighted by Gasteiger charge is 2.35. The summed E-state index contributed by atoms with van der Waals surface area (Å²) in [6.07, 6.45) is 5.31. The SMILES string of the molecule is c1ccc(-c2ccc(-c3nc4c(c5ccccc35)C3CCC4CC3)cc2)cc1. The maximum Gasteiger partial charge on any atom is 0.0783 e. The minimum absolute atomic E-state index is 0.659. The Bertz CT molecular complexity index is 1150. The Kier molecular flexibility index (Phi) is 3.62. The van der Waals surface area contributed by atoms with Gasteiger partial charge in [-0.1, -0.05) is 78.9 Å². The van der Waals surface area contributed by atoms with Crippen LogP contribution >= 0.6 is 0 Å². The number of nitrogens with zero attached hydrogens (tertiary/aromatic N) is 1. The van der Waals surface area contributed by atoms with Gasteiger partial charge in [0.15, 0.2) is 0 Å². The number of pyridine rings is 1. The quantitative estimate of drug-likeness (QED) is 0.364. The van der Waals surface area contributed by atoms with Crippen molar-refractivity contribution in [1.29, 1.82) is 0 Å². The van der Waals surface area contributed by atoms with Crippen LogP contribution in [0.3, 0.4) is 0 Å². The van der Waals surface area contributed by atoms with Crippen LogP contribution in [0.25, 0.3) is 33.2 Å². The molecule has 0 N–H and O–H groups in total. The molecule has 0 unspecified atom stereocenters. The molecule has 3 aromatic carbocycles. The molecule has 1 aromatic heterocycles. The Balaban J connectivity index is 1.53. The molecule has 28 heavy (non-hydrogen) atoms. The summed E-state index contributed by atoms with van der Waals surface area (Å²) in [7, 11) is 0. The molecule has 1 fully saturated rings. The van der Waals surface area contributed by atoms with E-state index in [0.717, 1.165) is 5.69 Å². The van der Waals surface area contributed by atoms with Crippen LogP contribution in [-0.4, -0.2) is 4.98 Å². The zero-order valence-corrected chi connectivity index (χ0v) is 15.9.